The van der Waals surface area contributed by atoms with Crippen molar-refractivity contribution in [2.24, 2.45) is 0 Å². The summed E-state index contributed by atoms with van der Waals surface area (Å²) in [6, 6.07) is 0. The van der Waals surface area contributed by atoms with Crippen LogP contribution in [-0.4, -0.2) is 16.7 Å². The number of rotatable bonds is 2. The summed E-state index contributed by atoms with van der Waals surface area (Å²) in [6.45, 7) is 2.45. The van der Waals surface area contributed by atoms with E-state index < -0.39 is 0 Å². The van der Waals surface area contributed by atoms with Gasteiger partial charge >= 0.3 is 0 Å². The van der Waals surface area contributed by atoms with Gasteiger partial charge in [0.05, 0.1) is 6.54 Å². The molecule has 0 saturated heterocycles. The summed E-state index contributed by atoms with van der Waals surface area (Å²) in [5.41, 5.74) is 1.68. The normalized spacial score (nSPS) is 8.10. The molecule has 3 nitrogen and oxygen atoms in total. The Kier molecular flexibility index (Phi) is 2.71. The molecule has 4 heteroatoms. The second-order valence-electron chi connectivity index (χ2n) is 1.52. The van der Waals surface area contributed by atoms with Crippen LogP contribution in [0.25, 0.3) is 0 Å². The molecule has 10 heavy (non-hydrogen) atoms. The third kappa shape index (κ3) is 2.03. The Morgan fingerprint density at radius 1 is 1.80 bits per heavy atom. The maximum Gasteiger partial charge on any atom is 0.206 e. The Morgan fingerprint density at radius 2 is 2.70 bits per heavy atom. The summed E-state index contributed by atoms with van der Waals surface area (Å²) in [5, 5.41) is 11.3. The van der Waals surface area contributed by atoms with E-state index >= 15 is 0 Å². The minimum atomic E-state index is 0.645. The lowest BCUT2D eigenvalue weighted by molar-refractivity contribution is 1.08. The summed E-state index contributed by atoms with van der Waals surface area (Å²) in [5.74, 6) is 5.64. The van der Waals surface area contributed by atoms with Gasteiger partial charge in [0.25, 0.3) is 0 Å². The van der Waals surface area contributed by atoms with Crippen molar-refractivity contribution in [3.8, 4) is 11.8 Å². The Hall–Kier alpha value is -1.08. The second-order valence-corrected chi connectivity index (χ2v) is 2.36. The predicted molar refractivity (Wildman–Crippen MR) is 41.8 cm³/mol. The fourth-order valence-corrected chi connectivity index (χ4v) is 0.902. The second kappa shape index (κ2) is 3.85. The molecule has 0 fully saturated rings. The first-order chi connectivity index (χ1) is 4.93. The number of nitrogens with zero attached hydrogens (tertiary/aromatic N) is 2. The number of hydrogen-bond acceptors (Lipinski definition) is 4. The summed E-state index contributed by atoms with van der Waals surface area (Å²) in [6.07, 6.45) is 0. The van der Waals surface area contributed by atoms with E-state index in [0.29, 0.717) is 6.54 Å². The van der Waals surface area contributed by atoms with Gasteiger partial charge < -0.3 is 5.32 Å². The van der Waals surface area contributed by atoms with Gasteiger partial charge in [0, 0.05) is 0 Å². The molecule has 0 amide bonds. The lowest BCUT2D eigenvalue weighted by Crippen LogP contribution is -1.97. The fraction of sp³-hybridized carbons (Fsp3) is 0.333. The van der Waals surface area contributed by atoms with Crippen molar-refractivity contribution < 1.29 is 0 Å². The quantitative estimate of drug-likeness (QED) is 0.643. The van der Waals surface area contributed by atoms with Crippen molar-refractivity contribution in [2.45, 2.75) is 6.92 Å². The van der Waals surface area contributed by atoms with Gasteiger partial charge in [0.15, 0.2) is 0 Å². The molecule has 0 aliphatic heterocycles. The molecule has 0 aromatic carbocycles. The monoisotopic (exact) mass is 153 g/mol. The highest BCUT2D eigenvalue weighted by atomic mass is 32.1. The average Bonchev–Trinajstić information content (AvgIpc) is 2.41. The van der Waals surface area contributed by atoms with Crippen molar-refractivity contribution in [1.29, 1.82) is 0 Å². The molecule has 52 valence electrons. The van der Waals surface area contributed by atoms with Crippen LogP contribution in [0.15, 0.2) is 5.51 Å². The molecule has 1 aromatic heterocycles. The first kappa shape index (κ1) is 7.03. The van der Waals surface area contributed by atoms with Gasteiger partial charge in [0.1, 0.15) is 5.51 Å². The zero-order valence-corrected chi connectivity index (χ0v) is 6.40. The van der Waals surface area contributed by atoms with Crippen LogP contribution in [0.5, 0.6) is 0 Å². The predicted octanol–water partition coefficient (Wildman–Crippen LogP) is 0.973. The van der Waals surface area contributed by atoms with Crippen LogP contribution in [0.4, 0.5) is 5.13 Å². The highest BCUT2D eigenvalue weighted by Gasteiger charge is 1.89. The molecule has 0 radical (unpaired) electrons. The van der Waals surface area contributed by atoms with E-state index in [4.69, 9.17) is 0 Å². The van der Waals surface area contributed by atoms with Crippen molar-refractivity contribution in [2.75, 3.05) is 11.9 Å². The Morgan fingerprint density at radius 3 is 3.30 bits per heavy atom. The van der Waals surface area contributed by atoms with Gasteiger partial charge in [-0.25, -0.2) is 0 Å². The molecular formula is C6H7N3S. The van der Waals surface area contributed by atoms with Crippen LogP contribution in [0.1, 0.15) is 6.92 Å². The summed E-state index contributed by atoms with van der Waals surface area (Å²) < 4.78 is 0. The van der Waals surface area contributed by atoms with Crippen LogP contribution in [0.2, 0.25) is 0 Å². The molecule has 0 atom stereocenters. The summed E-state index contributed by atoms with van der Waals surface area (Å²) >= 11 is 1.47. The maximum absolute atomic E-state index is 3.78. The van der Waals surface area contributed by atoms with E-state index in [-0.39, 0.29) is 0 Å². The molecule has 1 heterocycles. The standard InChI is InChI=1S/C6H7N3S/c1-2-3-4-7-6-9-8-5-10-6/h5H,4H2,1H3,(H,7,9). The molecule has 0 spiro atoms. The first-order valence-corrected chi connectivity index (χ1v) is 3.71. The molecule has 0 aliphatic rings. The maximum atomic E-state index is 3.78. The SMILES string of the molecule is CC#CCNc1nncs1. The molecule has 1 aromatic rings. The average molecular weight is 153 g/mol. The van der Waals surface area contributed by atoms with Gasteiger partial charge in [-0.3, -0.25) is 0 Å². The van der Waals surface area contributed by atoms with Gasteiger partial charge in [-0.2, -0.15) is 0 Å². The van der Waals surface area contributed by atoms with Crippen LogP contribution in [-0.2, 0) is 0 Å². The van der Waals surface area contributed by atoms with Crippen LogP contribution in [0, 0.1) is 11.8 Å². The Labute approximate surface area is 63.5 Å². The van der Waals surface area contributed by atoms with Crippen molar-refractivity contribution >= 4 is 16.5 Å². The highest BCUT2D eigenvalue weighted by Crippen LogP contribution is 2.05. The minimum Gasteiger partial charge on any atom is -0.349 e. The molecule has 1 rings (SSSR count). The zero-order valence-electron chi connectivity index (χ0n) is 5.59. The topological polar surface area (TPSA) is 37.8 Å². The van der Waals surface area contributed by atoms with E-state index in [1.54, 1.807) is 5.51 Å². The van der Waals surface area contributed by atoms with E-state index in [1.165, 1.54) is 11.3 Å². The van der Waals surface area contributed by atoms with Gasteiger partial charge in [-0.05, 0) is 6.92 Å². The van der Waals surface area contributed by atoms with Crippen LogP contribution < -0.4 is 5.32 Å². The molecule has 0 saturated carbocycles. The number of aromatic nitrogens is 2. The molecular weight excluding hydrogens is 146 g/mol. The van der Waals surface area contributed by atoms with Gasteiger partial charge in [-0.1, -0.05) is 17.3 Å². The molecule has 0 bridgehead atoms. The van der Waals surface area contributed by atoms with Gasteiger partial charge in [0.2, 0.25) is 5.13 Å². The third-order valence-corrected chi connectivity index (χ3v) is 1.51. The fourth-order valence-electron chi connectivity index (χ4n) is 0.458. The Bertz CT molecular complexity index is 231. The third-order valence-electron chi connectivity index (χ3n) is 0.865. The van der Waals surface area contributed by atoms with Crippen LogP contribution >= 0.6 is 11.3 Å². The zero-order chi connectivity index (χ0) is 7.23. The van der Waals surface area contributed by atoms with E-state index in [9.17, 15) is 0 Å². The number of hydrogen-bond donors (Lipinski definition) is 1. The van der Waals surface area contributed by atoms with Gasteiger partial charge in [-0.15, -0.1) is 16.1 Å². The number of anilines is 1. The smallest absolute Gasteiger partial charge is 0.206 e. The van der Waals surface area contributed by atoms with Crippen molar-refractivity contribution in [1.82, 2.24) is 10.2 Å². The number of nitrogens with one attached hydrogen (secondary N) is 1. The first-order valence-electron chi connectivity index (χ1n) is 2.83. The largest absolute Gasteiger partial charge is 0.349 e. The Balaban J connectivity index is 2.32. The van der Waals surface area contributed by atoms with E-state index in [2.05, 4.69) is 27.4 Å². The molecule has 1 N–H and O–H groups in total. The van der Waals surface area contributed by atoms with Crippen LogP contribution in [0.3, 0.4) is 0 Å². The summed E-state index contributed by atoms with van der Waals surface area (Å²) in [7, 11) is 0. The van der Waals surface area contributed by atoms with E-state index in [1.807, 2.05) is 6.92 Å². The van der Waals surface area contributed by atoms with E-state index in [0.717, 1.165) is 5.13 Å². The van der Waals surface area contributed by atoms with Crippen molar-refractivity contribution in [3.63, 3.8) is 0 Å². The molecule has 0 aliphatic carbocycles. The lowest BCUT2D eigenvalue weighted by Gasteiger charge is -1.90. The lowest BCUT2D eigenvalue weighted by atomic mass is 10.6. The minimum absolute atomic E-state index is 0.645. The summed E-state index contributed by atoms with van der Waals surface area (Å²) in [4.78, 5) is 0. The van der Waals surface area contributed by atoms with Crippen molar-refractivity contribution in [3.05, 3.63) is 5.51 Å². The molecule has 0 unspecified atom stereocenters. The highest BCUT2D eigenvalue weighted by molar-refractivity contribution is 7.13.